The molecule has 2 aromatic heterocycles. The van der Waals surface area contributed by atoms with Gasteiger partial charge in [-0.3, -0.25) is 4.68 Å². The molecule has 3 aromatic rings. The van der Waals surface area contributed by atoms with Gasteiger partial charge in [0.15, 0.2) is 0 Å². The Kier molecular flexibility index (Phi) is 2.55. The fourth-order valence-electron chi connectivity index (χ4n) is 2.61. The van der Waals surface area contributed by atoms with E-state index >= 15 is 0 Å². The molecule has 5 heteroatoms. The van der Waals surface area contributed by atoms with Crippen molar-refractivity contribution in [1.29, 1.82) is 0 Å². The summed E-state index contributed by atoms with van der Waals surface area (Å²) in [5, 5.41) is 7.72. The van der Waals surface area contributed by atoms with Crippen molar-refractivity contribution >= 4 is 5.69 Å². The van der Waals surface area contributed by atoms with Crippen LogP contribution in [0.5, 0.6) is 0 Å². The van der Waals surface area contributed by atoms with Gasteiger partial charge in [-0.15, -0.1) is 0 Å². The smallest absolute Gasteiger partial charge is 0.128 e. The number of fused-ring (bicyclic) bond motifs is 2. The Hall–Kier alpha value is -2.56. The molecule has 0 aliphatic carbocycles. The van der Waals surface area contributed by atoms with Crippen LogP contribution >= 0.6 is 0 Å². The van der Waals surface area contributed by atoms with Gasteiger partial charge >= 0.3 is 0 Å². The number of rotatable bonds is 2. The normalized spacial score (nSPS) is 13.2. The van der Waals surface area contributed by atoms with E-state index in [1.165, 1.54) is 16.8 Å². The van der Waals surface area contributed by atoms with Gasteiger partial charge in [0.2, 0.25) is 0 Å². The van der Waals surface area contributed by atoms with Gasteiger partial charge in [0.25, 0.3) is 0 Å². The third kappa shape index (κ3) is 1.97. The molecule has 0 unspecified atom stereocenters. The van der Waals surface area contributed by atoms with Gasteiger partial charge in [0.05, 0.1) is 19.6 Å². The molecule has 4 rings (SSSR count). The average Bonchev–Trinajstić information content (AvgIpc) is 3.08. The van der Waals surface area contributed by atoms with Crippen LogP contribution in [0.4, 0.5) is 5.69 Å². The molecule has 0 amide bonds. The monoisotopic (exact) mass is 265 g/mol. The number of nitrogens with one attached hydrogen (secondary N) is 1. The Morgan fingerprint density at radius 1 is 1.20 bits per heavy atom. The van der Waals surface area contributed by atoms with Gasteiger partial charge in [0, 0.05) is 30.5 Å². The summed E-state index contributed by atoms with van der Waals surface area (Å²) >= 11 is 0. The Balaban J connectivity index is 1.64. The van der Waals surface area contributed by atoms with Crippen LogP contribution in [-0.2, 0) is 19.6 Å². The Morgan fingerprint density at radius 3 is 3.10 bits per heavy atom. The summed E-state index contributed by atoms with van der Waals surface area (Å²) in [6.07, 6.45) is 7.67. The second-order valence-corrected chi connectivity index (χ2v) is 5.02. The molecule has 1 aromatic carbocycles. The first kappa shape index (κ1) is 11.3. The molecule has 1 aliphatic heterocycles. The Bertz CT molecular complexity index is 727. The second kappa shape index (κ2) is 4.52. The minimum Gasteiger partial charge on any atom is -0.378 e. The fourth-order valence-corrected chi connectivity index (χ4v) is 2.61. The van der Waals surface area contributed by atoms with Gasteiger partial charge < -0.3 is 9.88 Å². The first-order chi connectivity index (χ1) is 9.88. The van der Waals surface area contributed by atoms with E-state index in [2.05, 4.69) is 38.2 Å². The zero-order valence-corrected chi connectivity index (χ0v) is 11.0. The number of hydrogen-bond donors (Lipinski definition) is 1. The van der Waals surface area contributed by atoms with Crippen LogP contribution in [0.15, 0.2) is 49.1 Å². The SMILES string of the molecule is c1cnn(Cc2ccc3c(c2)NCc2nccn2C3)c1. The molecule has 5 nitrogen and oxygen atoms in total. The molecule has 0 spiro atoms. The molecular weight excluding hydrogens is 250 g/mol. The number of nitrogens with zero attached hydrogens (tertiary/aromatic N) is 4. The van der Waals surface area contributed by atoms with Crippen LogP contribution < -0.4 is 5.32 Å². The Morgan fingerprint density at radius 2 is 2.20 bits per heavy atom. The Labute approximate surface area is 116 Å². The van der Waals surface area contributed by atoms with Crippen molar-refractivity contribution in [3.05, 3.63) is 66.0 Å². The summed E-state index contributed by atoms with van der Waals surface area (Å²) in [5.74, 6) is 1.08. The van der Waals surface area contributed by atoms with E-state index < -0.39 is 0 Å². The van der Waals surface area contributed by atoms with Crippen LogP contribution in [0, 0.1) is 0 Å². The predicted octanol–water partition coefficient (Wildman–Crippen LogP) is 2.10. The molecule has 0 saturated carbocycles. The maximum absolute atomic E-state index is 4.37. The summed E-state index contributed by atoms with van der Waals surface area (Å²) < 4.78 is 4.12. The van der Waals surface area contributed by atoms with E-state index in [0.29, 0.717) is 0 Å². The third-order valence-corrected chi connectivity index (χ3v) is 3.66. The lowest BCUT2D eigenvalue weighted by molar-refractivity contribution is 0.686. The summed E-state index contributed by atoms with van der Waals surface area (Å²) in [6.45, 7) is 2.44. The highest BCUT2D eigenvalue weighted by Gasteiger charge is 2.12. The van der Waals surface area contributed by atoms with Crippen LogP contribution in [0.2, 0.25) is 0 Å². The van der Waals surface area contributed by atoms with Crippen molar-refractivity contribution < 1.29 is 0 Å². The van der Waals surface area contributed by atoms with E-state index in [9.17, 15) is 0 Å². The molecule has 1 N–H and O–H groups in total. The summed E-state index contributed by atoms with van der Waals surface area (Å²) in [7, 11) is 0. The van der Waals surface area contributed by atoms with Crippen LogP contribution in [0.25, 0.3) is 0 Å². The predicted molar refractivity (Wildman–Crippen MR) is 76.4 cm³/mol. The van der Waals surface area contributed by atoms with Crippen molar-refractivity contribution in [2.75, 3.05) is 5.32 Å². The molecule has 100 valence electrons. The van der Waals surface area contributed by atoms with Gasteiger partial charge in [-0.2, -0.15) is 5.10 Å². The van der Waals surface area contributed by atoms with Crippen LogP contribution in [-0.4, -0.2) is 19.3 Å². The lowest BCUT2D eigenvalue weighted by atomic mass is 10.1. The molecule has 1 aliphatic rings. The van der Waals surface area contributed by atoms with Crippen molar-refractivity contribution in [2.45, 2.75) is 19.6 Å². The van der Waals surface area contributed by atoms with E-state index in [0.717, 1.165) is 25.5 Å². The van der Waals surface area contributed by atoms with E-state index in [4.69, 9.17) is 0 Å². The van der Waals surface area contributed by atoms with Gasteiger partial charge in [-0.1, -0.05) is 12.1 Å². The number of anilines is 1. The number of benzene rings is 1. The van der Waals surface area contributed by atoms with E-state index in [-0.39, 0.29) is 0 Å². The average molecular weight is 265 g/mol. The lowest BCUT2D eigenvalue weighted by Crippen LogP contribution is -2.03. The van der Waals surface area contributed by atoms with Crippen LogP contribution in [0.1, 0.15) is 17.0 Å². The number of aromatic nitrogens is 4. The topological polar surface area (TPSA) is 47.7 Å². The molecule has 0 saturated heterocycles. The first-order valence-electron chi connectivity index (χ1n) is 6.71. The standard InChI is InChI=1S/C15H15N5/c1-4-18-20(6-1)10-12-2-3-13-11-19-7-5-16-15(19)9-17-14(13)8-12/h1-8,17H,9-11H2. The van der Waals surface area contributed by atoms with Crippen molar-refractivity contribution in [1.82, 2.24) is 19.3 Å². The van der Waals surface area contributed by atoms with Crippen LogP contribution in [0.3, 0.4) is 0 Å². The fraction of sp³-hybridized carbons (Fsp3) is 0.200. The van der Waals surface area contributed by atoms with Gasteiger partial charge in [-0.25, -0.2) is 4.98 Å². The van der Waals surface area contributed by atoms with Gasteiger partial charge in [-0.05, 0) is 23.3 Å². The van der Waals surface area contributed by atoms with Crippen molar-refractivity contribution in [2.24, 2.45) is 0 Å². The maximum Gasteiger partial charge on any atom is 0.128 e. The summed E-state index contributed by atoms with van der Waals surface area (Å²) in [6, 6.07) is 8.52. The molecule has 20 heavy (non-hydrogen) atoms. The molecule has 0 atom stereocenters. The van der Waals surface area contributed by atoms with E-state index in [1.54, 1.807) is 6.20 Å². The highest BCUT2D eigenvalue weighted by Crippen LogP contribution is 2.23. The minimum atomic E-state index is 0.769. The summed E-state index contributed by atoms with van der Waals surface area (Å²) in [5.41, 5.74) is 3.74. The number of imidazole rings is 1. The molecule has 3 heterocycles. The second-order valence-electron chi connectivity index (χ2n) is 5.02. The quantitative estimate of drug-likeness (QED) is 0.772. The van der Waals surface area contributed by atoms with Crippen molar-refractivity contribution in [3.63, 3.8) is 0 Å². The zero-order chi connectivity index (χ0) is 13.4. The zero-order valence-electron chi connectivity index (χ0n) is 11.0. The molecule has 0 bridgehead atoms. The number of hydrogen-bond acceptors (Lipinski definition) is 3. The maximum atomic E-state index is 4.37. The highest BCUT2D eigenvalue weighted by molar-refractivity contribution is 5.54. The molecular formula is C15H15N5. The van der Waals surface area contributed by atoms with E-state index in [1.807, 2.05) is 29.3 Å². The largest absolute Gasteiger partial charge is 0.378 e. The summed E-state index contributed by atoms with van der Waals surface area (Å²) in [4.78, 5) is 4.37. The lowest BCUT2D eigenvalue weighted by Gasteiger charge is -2.10. The molecule has 0 fully saturated rings. The highest BCUT2D eigenvalue weighted by atomic mass is 15.3. The molecule has 0 radical (unpaired) electrons. The third-order valence-electron chi connectivity index (χ3n) is 3.66. The van der Waals surface area contributed by atoms with Crippen molar-refractivity contribution in [3.8, 4) is 0 Å². The van der Waals surface area contributed by atoms with Gasteiger partial charge in [0.1, 0.15) is 5.82 Å². The first-order valence-corrected chi connectivity index (χ1v) is 6.71. The minimum absolute atomic E-state index is 0.769.